The highest BCUT2D eigenvalue weighted by molar-refractivity contribution is 5.94. The highest BCUT2D eigenvalue weighted by Gasteiger charge is 2.16. The molecular weight excluding hydrogens is 196 g/mol. The van der Waals surface area contributed by atoms with E-state index >= 15 is 0 Å². The second-order valence-electron chi connectivity index (χ2n) is 4.45. The SMILES string of the molecule is CC1=CC(c2occ3ccccc23)=CC1C. The number of rotatable bonds is 1. The minimum absolute atomic E-state index is 0.527. The molecule has 0 N–H and O–H groups in total. The van der Waals surface area contributed by atoms with Gasteiger partial charge in [-0.15, -0.1) is 0 Å². The molecule has 0 radical (unpaired) electrons. The lowest BCUT2D eigenvalue weighted by atomic mass is 10.1. The zero-order chi connectivity index (χ0) is 11.1. The first kappa shape index (κ1) is 9.46. The van der Waals surface area contributed by atoms with Crippen LogP contribution in [0.15, 0.2) is 52.7 Å². The minimum atomic E-state index is 0.527. The molecule has 1 aliphatic rings. The van der Waals surface area contributed by atoms with E-state index in [0.717, 1.165) is 5.76 Å². The Balaban J connectivity index is 2.18. The van der Waals surface area contributed by atoms with Crippen molar-refractivity contribution in [3.05, 3.63) is 54.0 Å². The van der Waals surface area contributed by atoms with Crippen LogP contribution in [0.3, 0.4) is 0 Å². The summed E-state index contributed by atoms with van der Waals surface area (Å²) in [6.07, 6.45) is 6.31. The zero-order valence-electron chi connectivity index (χ0n) is 9.53. The molecule has 1 heterocycles. The molecular formula is C15H14O. The Morgan fingerprint density at radius 3 is 2.75 bits per heavy atom. The van der Waals surface area contributed by atoms with Gasteiger partial charge in [-0.2, -0.15) is 0 Å². The largest absolute Gasteiger partial charge is 0.463 e. The van der Waals surface area contributed by atoms with E-state index in [1.54, 1.807) is 0 Å². The van der Waals surface area contributed by atoms with Crippen molar-refractivity contribution in [2.45, 2.75) is 13.8 Å². The number of benzene rings is 1. The van der Waals surface area contributed by atoms with Crippen LogP contribution < -0.4 is 0 Å². The smallest absolute Gasteiger partial charge is 0.141 e. The van der Waals surface area contributed by atoms with Gasteiger partial charge < -0.3 is 4.42 Å². The van der Waals surface area contributed by atoms with E-state index in [2.05, 4.69) is 44.2 Å². The second kappa shape index (κ2) is 3.38. The third-order valence-electron chi connectivity index (χ3n) is 3.30. The summed E-state index contributed by atoms with van der Waals surface area (Å²) in [6.45, 7) is 4.38. The fourth-order valence-electron chi connectivity index (χ4n) is 2.18. The Morgan fingerprint density at radius 1 is 1.19 bits per heavy atom. The summed E-state index contributed by atoms with van der Waals surface area (Å²) in [5, 5.41) is 2.37. The Hall–Kier alpha value is -1.76. The topological polar surface area (TPSA) is 13.1 Å². The zero-order valence-corrected chi connectivity index (χ0v) is 9.53. The molecule has 1 unspecified atom stereocenters. The number of hydrogen-bond acceptors (Lipinski definition) is 1. The molecule has 0 saturated heterocycles. The third-order valence-corrected chi connectivity index (χ3v) is 3.30. The standard InChI is InChI=1S/C15H14O/c1-10-7-13(8-11(10)2)15-14-6-4-3-5-12(14)9-16-15/h3-10H,1-2H3. The molecule has 1 aromatic heterocycles. The molecule has 16 heavy (non-hydrogen) atoms. The minimum Gasteiger partial charge on any atom is -0.463 e. The fraction of sp³-hybridized carbons (Fsp3) is 0.200. The molecule has 2 aromatic rings. The third kappa shape index (κ3) is 1.32. The maximum Gasteiger partial charge on any atom is 0.141 e. The van der Waals surface area contributed by atoms with Crippen molar-refractivity contribution in [3.63, 3.8) is 0 Å². The Labute approximate surface area is 95.1 Å². The molecule has 0 bridgehead atoms. The second-order valence-corrected chi connectivity index (χ2v) is 4.45. The molecule has 0 saturated carbocycles. The highest BCUT2D eigenvalue weighted by Crippen LogP contribution is 2.34. The van der Waals surface area contributed by atoms with Crippen molar-refractivity contribution in [1.29, 1.82) is 0 Å². The summed E-state index contributed by atoms with van der Waals surface area (Å²) in [4.78, 5) is 0. The van der Waals surface area contributed by atoms with Crippen molar-refractivity contribution in [2.24, 2.45) is 5.92 Å². The van der Waals surface area contributed by atoms with Crippen molar-refractivity contribution in [2.75, 3.05) is 0 Å². The predicted octanol–water partition coefficient (Wildman–Crippen LogP) is 4.41. The molecule has 1 atom stereocenters. The molecule has 1 aliphatic carbocycles. The number of hydrogen-bond donors (Lipinski definition) is 0. The summed E-state index contributed by atoms with van der Waals surface area (Å²) in [7, 11) is 0. The summed E-state index contributed by atoms with van der Waals surface area (Å²) >= 11 is 0. The number of furan rings is 1. The molecule has 1 nitrogen and oxygen atoms in total. The first-order valence-electron chi connectivity index (χ1n) is 5.62. The van der Waals surface area contributed by atoms with Gasteiger partial charge in [0.2, 0.25) is 0 Å². The quantitative estimate of drug-likeness (QED) is 0.679. The first-order valence-corrected chi connectivity index (χ1v) is 5.62. The van der Waals surface area contributed by atoms with Gasteiger partial charge in [-0.25, -0.2) is 0 Å². The summed E-state index contributed by atoms with van der Waals surface area (Å²) in [5.74, 6) is 1.53. The van der Waals surface area contributed by atoms with Crippen molar-refractivity contribution < 1.29 is 4.42 Å². The van der Waals surface area contributed by atoms with Gasteiger partial charge in [0.05, 0.1) is 6.26 Å². The summed E-state index contributed by atoms with van der Waals surface area (Å²) in [6, 6.07) is 8.28. The van der Waals surface area contributed by atoms with E-state index in [1.165, 1.54) is 21.9 Å². The van der Waals surface area contributed by atoms with Crippen LogP contribution in [0.25, 0.3) is 16.3 Å². The van der Waals surface area contributed by atoms with Crippen LogP contribution in [0.1, 0.15) is 19.6 Å². The summed E-state index contributed by atoms with van der Waals surface area (Å²) in [5.41, 5.74) is 2.61. The Bertz CT molecular complexity index is 599. The first-order chi connectivity index (χ1) is 7.75. The van der Waals surface area contributed by atoms with Gasteiger partial charge >= 0.3 is 0 Å². The van der Waals surface area contributed by atoms with Gasteiger partial charge in [-0.1, -0.05) is 48.9 Å². The van der Waals surface area contributed by atoms with E-state index in [9.17, 15) is 0 Å². The van der Waals surface area contributed by atoms with E-state index in [1.807, 2.05) is 12.3 Å². The predicted molar refractivity (Wildman–Crippen MR) is 67.1 cm³/mol. The van der Waals surface area contributed by atoms with Gasteiger partial charge in [0.15, 0.2) is 0 Å². The van der Waals surface area contributed by atoms with E-state index in [4.69, 9.17) is 4.42 Å². The average Bonchev–Trinajstić information content (AvgIpc) is 2.83. The lowest BCUT2D eigenvalue weighted by Crippen LogP contribution is -1.83. The monoisotopic (exact) mass is 210 g/mol. The number of allylic oxidation sites excluding steroid dienone is 4. The van der Waals surface area contributed by atoms with Gasteiger partial charge in [0.25, 0.3) is 0 Å². The van der Waals surface area contributed by atoms with Gasteiger partial charge in [-0.3, -0.25) is 0 Å². The fourth-order valence-corrected chi connectivity index (χ4v) is 2.18. The molecule has 1 aromatic carbocycles. The van der Waals surface area contributed by atoms with Crippen LogP contribution >= 0.6 is 0 Å². The van der Waals surface area contributed by atoms with E-state index < -0.39 is 0 Å². The molecule has 0 fully saturated rings. The van der Waals surface area contributed by atoms with Gasteiger partial charge in [0, 0.05) is 16.3 Å². The van der Waals surface area contributed by atoms with Crippen LogP contribution in [0.5, 0.6) is 0 Å². The molecule has 0 aliphatic heterocycles. The average molecular weight is 210 g/mol. The maximum atomic E-state index is 5.68. The Kier molecular flexibility index (Phi) is 2.00. The molecule has 80 valence electrons. The van der Waals surface area contributed by atoms with E-state index in [-0.39, 0.29) is 0 Å². The van der Waals surface area contributed by atoms with Crippen LogP contribution in [-0.2, 0) is 0 Å². The van der Waals surface area contributed by atoms with Crippen molar-refractivity contribution >= 4 is 16.3 Å². The summed E-state index contributed by atoms with van der Waals surface area (Å²) < 4.78 is 5.68. The van der Waals surface area contributed by atoms with Crippen molar-refractivity contribution in [1.82, 2.24) is 0 Å². The Morgan fingerprint density at radius 2 is 2.00 bits per heavy atom. The molecule has 1 heteroatoms. The van der Waals surface area contributed by atoms with Crippen LogP contribution in [0.2, 0.25) is 0 Å². The molecule has 3 rings (SSSR count). The van der Waals surface area contributed by atoms with Crippen molar-refractivity contribution in [3.8, 4) is 0 Å². The molecule has 0 spiro atoms. The molecule has 0 amide bonds. The van der Waals surface area contributed by atoms with Gasteiger partial charge in [-0.05, 0) is 12.8 Å². The van der Waals surface area contributed by atoms with Crippen LogP contribution in [-0.4, -0.2) is 0 Å². The maximum absolute atomic E-state index is 5.68. The normalized spacial score (nSPS) is 20.0. The van der Waals surface area contributed by atoms with Crippen LogP contribution in [0.4, 0.5) is 0 Å². The highest BCUT2D eigenvalue weighted by atomic mass is 16.3. The van der Waals surface area contributed by atoms with Crippen LogP contribution in [0, 0.1) is 5.92 Å². The van der Waals surface area contributed by atoms with Gasteiger partial charge in [0.1, 0.15) is 5.76 Å². The lowest BCUT2D eigenvalue weighted by molar-refractivity contribution is 0.559. The number of fused-ring (bicyclic) bond motifs is 1. The van der Waals surface area contributed by atoms with E-state index in [0.29, 0.717) is 5.92 Å². The lowest BCUT2D eigenvalue weighted by Gasteiger charge is -1.97.